The lowest BCUT2D eigenvalue weighted by Gasteiger charge is -2.21. The van der Waals surface area contributed by atoms with Gasteiger partial charge in [-0.2, -0.15) is 0 Å². The van der Waals surface area contributed by atoms with Gasteiger partial charge in [0.05, 0.1) is 10.5 Å². The molecule has 0 fully saturated rings. The van der Waals surface area contributed by atoms with Crippen molar-refractivity contribution in [3.8, 4) is 0 Å². The number of carbonyl (C=O) groups is 1. The number of carbonyl (C=O) groups excluding carboxylic acids is 1. The van der Waals surface area contributed by atoms with Gasteiger partial charge in [0.1, 0.15) is 0 Å². The molecule has 0 aliphatic rings. The third-order valence-electron chi connectivity index (χ3n) is 2.85. The topological polar surface area (TPSA) is 80.5 Å². The van der Waals surface area contributed by atoms with Crippen LogP contribution in [0.3, 0.4) is 0 Å². The molecule has 0 aliphatic carbocycles. The van der Waals surface area contributed by atoms with Crippen molar-refractivity contribution in [1.82, 2.24) is 4.90 Å². The average Bonchev–Trinajstić information content (AvgIpc) is 2.38. The lowest BCUT2D eigenvalue weighted by molar-refractivity contribution is 0.0769. The quantitative estimate of drug-likeness (QED) is 0.887. The second kappa shape index (κ2) is 5.99. The van der Waals surface area contributed by atoms with E-state index in [-0.39, 0.29) is 16.4 Å². The van der Waals surface area contributed by atoms with Gasteiger partial charge in [0.2, 0.25) is 10.0 Å². The summed E-state index contributed by atoms with van der Waals surface area (Å²) in [7, 11) is -3.96. The van der Waals surface area contributed by atoms with E-state index >= 15 is 0 Å². The molecule has 1 amide bonds. The number of primary sulfonamides is 1. The fourth-order valence-corrected chi connectivity index (χ4v) is 2.61. The summed E-state index contributed by atoms with van der Waals surface area (Å²) >= 11 is 0. The number of nitrogens with two attached hydrogens (primary N) is 1. The fraction of sp³-hybridized carbons (Fsp3) is 0.308. The highest BCUT2D eigenvalue weighted by Crippen LogP contribution is 2.21. The van der Waals surface area contributed by atoms with Crippen LogP contribution in [-0.2, 0) is 10.0 Å². The molecule has 0 aromatic heterocycles. The summed E-state index contributed by atoms with van der Waals surface area (Å²) in [5.74, 6) is -0.357. The second-order valence-electron chi connectivity index (χ2n) is 3.95. The van der Waals surface area contributed by atoms with Crippen LogP contribution in [0.15, 0.2) is 29.7 Å². The van der Waals surface area contributed by atoms with Gasteiger partial charge in [-0.15, -0.1) is 0 Å². The summed E-state index contributed by atoms with van der Waals surface area (Å²) in [5, 5.41) is 5.17. The second-order valence-corrected chi connectivity index (χ2v) is 5.48. The zero-order valence-electron chi connectivity index (χ0n) is 11.1. The molecule has 1 aromatic rings. The van der Waals surface area contributed by atoms with E-state index < -0.39 is 10.0 Å². The highest BCUT2D eigenvalue weighted by Gasteiger charge is 2.24. The lowest BCUT2D eigenvalue weighted by atomic mass is 10.1. The Bertz CT molecular complexity index is 590. The predicted molar refractivity (Wildman–Crippen MR) is 75.2 cm³/mol. The van der Waals surface area contributed by atoms with Crippen LogP contribution in [0.2, 0.25) is 0 Å². The van der Waals surface area contributed by atoms with Crippen LogP contribution in [0.5, 0.6) is 0 Å². The monoisotopic (exact) mass is 282 g/mol. The standard InChI is InChI=1S/C13H18N2O3S/c1-4-10-8-7-9-11(19(14,17)18)12(10)13(16)15(5-2)6-3/h4,7-9H,1,5-6H2,2-3H3,(H2,14,17,18). The minimum absolute atomic E-state index is 0.0868. The van der Waals surface area contributed by atoms with E-state index in [1.165, 1.54) is 23.1 Å². The number of rotatable bonds is 5. The smallest absolute Gasteiger partial charge is 0.255 e. The Morgan fingerprint density at radius 1 is 1.37 bits per heavy atom. The van der Waals surface area contributed by atoms with E-state index in [9.17, 15) is 13.2 Å². The molecule has 0 aliphatic heterocycles. The molecule has 0 saturated carbocycles. The van der Waals surface area contributed by atoms with Crippen molar-refractivity contribution in [1.29, 1.82) is 0 Å². The zero-order valence-corrected chi connectivity index (χ0v) is 11.9. The highest BCUT2D eigenvalue weighted by molar-refractivity contribution is 7.89. The highest BCUT2D eigenvalue weighted by atomic mass is 32.2. The molecule has 0 atom stereocenters. The minimum atomic E-state index is -3.96. The summed E-state index contributed by atoms with van der Waals surface area (Å²) in [6, 6.07) is 4.51. The van der Waals surface area contributed by atoms with E-state index in [0.717, 1.165) is 0 Å². The predicted octanol–water partition coefficient (Wildman–Crippen LogP) is 1.46. The van der Waals surface area contributed by atoms with Gasteiger partial charge in [-0.05, 0) is 25.5 Å². The number of sulfonamides is 1. The summed E-state index contributed by atoms with van der Waals surface area (Å²) in [6.45, 7) is 8.24. The van der Waals surface area contributed by atoms with Crippen molar-refractivity contribution in [2.45, 2.75) is 18.7 Å². The number of nitrogens with zero attached hydrogens (tertiary/aromatic N) is 1. The summed E-state index contributed by atoms with van der Waals surface area (Å²) in [6.07, 6.45) is 1.45. The molecule has 1 rings (SSSR count). The molecule has 5 nitrogen and oxygen atoms in total. The third kappa shape index (κ3) is 3.21. The Kier molecular flexibility index (Phi) is 4.85. The molecule has 1 aromatic carbocycles. The lowest BCUT2D eigenvalue weighted by Crippen LogP contribution is -2.32. The normalized spacial score (nSPS) is 11.1. The average molecular weight is 282 g/mol. The van der Waals surface area contributed by atoms with Gasteiger partial charge in [-0.1, -0.05) is 24.8 Å². The van der Waals surface area contributed by atoms with E-state index in [0.29, 0.717) is 18.7 Å². The SMILES string of the molecule is C=Cc1cccc(S(N)(=O)=O)c1C(=O)N(CC)CC. The summed E-state index contributed by atoms with van der Waals surface area (Å²) in [5.41, 5.74) is 0.548. The first-order valence-electron chi connectivity index (χ1n) is 5.94. The molecule has 0 bridgehead atoms. The van der Waals surface area contributed by atoms with Crippen molar-refractivity contribution < 1.29 is 13.2 Å². The molecule has 0 radical (unpaired) electrons. The van der Waals surface area contributed by atoms with Crippen LogP contribution in [0, 0.1) is 0 Å². The fourth-order valence-electron chi connectivity index (χ4n) is 1.85. The minimum Gasteiger partial charge on any atom is -0.339 e. The van der Waals surface area contributed by atoms with Crippen molar-refractivity contribution >= 4 is 22.0 Å². The zero-order chi connectivity index (χ0) is 14.6. The van der Waals surface area contributed by atoms with Crippen molar-refractivity contribution in [2.24, 2.45) is 5.14 Å². The van der Waals surface area contributed by atoms with Crippen molar-refractivity contribution in [3.63, 3.8) is 0 Å². The number of hydrogen-bond donors (Lipinski definition) is 1. The van der Waals surface area contributed by atoms with E-state index in [1.807, 2.05) is 13.8 Å². The molecule has 19 heavy (non-hydrogen) atoms. The largest absolute Gasteiger partial charge is 0.339 e. The Balaban J connectivity index is 3.55. The number of benzene rings is 1. The van der Waals surface area contributed by atoms with Crippen LogP contribution < -0.4 is 5.14 Å². The molecule has 0 unspecified atom stereocenters. The Labute approximate surface area is 113 Å². The van der Waals surface area contributed by atoms with Gasteiger partial charge in [-0.25, -0.2) is 13.6 Å². The maximum atomic E-state index is 12.4. The van der Waals surface area contributed by atoms with Gasteiger partial charge in [0.15, 0.2) is 0 Å². The molecule has 0 saturated heterocycles. The van der Waals surface area contributed by atoms with Crippen LogP contribution in [0.1, 0.15) is 29.8 Å². The van der Waals surface area contributed by atoms with Gasteiger partial charge in [0.25, 0.3) is 5.91 Å². The third-order valence-corrected chi connectivity index (χ3v) is 3.80. The Morgan fingerprint density at radius 2 is 1.95 bits per heavy atom. The van der Waals surface area contributed by atoms with Crippen LogP contribution in [0.25, 0.3) is 6.08 Å². The molecule has 2 N–H and O–H groups in total. The molecular weight excluding hydrogens is 264 g/mol. The summed E-state index contributed by atoms with van der Waals surface area (Å²) in [4.78, 5) is 13.8. The van der Waals surface area contributed by atoms with Crippen LogP contribution in [-0.4, -0.2) is 32.3 Å². The Hall–Kier alpha value is -1.66. The molecule has 6 heteroatoms. The van der Waals surface area contributed by atoms with E-state index in [4.69, 9.17) is 5.14 Å². The Morgan fingerprint density at radius 3 is 2.37 bits per heavy atom. The first-order valence-corrected chi connectivity index (χ1v) is 7.48. The van der Waals surface area contributed by atoms with Crippen LogP contribution in [0.4, 0.5) is 0 Å². The van der Waals surface area contributed by atoms with Gasteiger partial charge >= 0.3 is 0 Å². The van der Waals surface area contributed by atoms with Crippen molar-refractivity contribution in [2.75, 3.05) is 13.1 Å². The van der Waals surface area contributed by atoms with Gasteiger partial charge in [-0.3, -0.25) is 4.79 Å². The van der Waals surface area contributed by atoms with Gasteiger partial charge < -0.3 is 4.90 Å². The maximum absolute atomic E-state index is 12.4. The number of amides is 1. The molecule has 0 heterocycles. The van der Waals surface area contributed by atoms with Gasteiger partial charge in [0, 0.05) is 13.1 Å². The van der Waals surface area contributed by atoms with E-state index in [2.05, 4.69) is 6.58 Å². The first kappa shape index (κ1) is 15.4. The maximum Gasteiger partial charge on any atom is 0.255 e. The molecule has 0 spiro atoms. The molecule has 104 valence electrons. The molecular formula is C13H18N2O3S. The summed E-state index contributed by atoms with van der Waals surface area (Å²) < 4.78 is 23.2. The van der Waals surface area contributed by atoms with Crippen molar-refractivity contribution in [3.05, 3.63) is 35.9 Å². The first-order chi connectivity index (χ1) is 8.86. The van der Waals surface area contributed by atoms with Crippen LogP contribution >= 0.6 is 0 Å². The van der Waals surface area contributed by atoms with E-state index in [1.54, 1.807) is 6.07 Å². The number of hydrogen-bond acceptors (Lipinski definition) is 3.